The molecule has 0 aliphatic carbocycles. The number of hydrogen-bond acceptors (Lipinski definition) is 5. The van der Waals surface area contributed by atoms with E-state index in [-0.39, 0.29) is 44.6 Å². The molecule has 13 heteroatoms. The summed E-state index contributed by atoms with van der Waals surface area (Å²) >= 11 is 0.419. The first kappa shape index (κ1) is 35.4. The zero-order valence-corrected chi connectivity index (χ0v) is 28.0. The minimum atomic E-state index is -4.87. The number of ether oxygens (including phenoxy) is 1. The van der Waals surface area contributed by atoms with Gasteiger partial charge >= 0.3 is 12.4 Å². The van der Waals surface area contributed by atoms with Crippen LogP contribution in [0.4, 0.5) is 26.3 Å². The number of rotatable bonds is 8. The molecule has 6 rings (SSSR count). The maximum atomic E-state index is 14.9. The summed E-state index contributed by atoms with van der Waals surface area (Å²) in [6.45, 7) is 2.37. The largest absolute Gasteiger partial charge is 0.474 e. The Morgan fingerprint density at radius 3 is 2.42 bits per heavy atom. The maximum absolute atomic E-state index is 14.9. The molecule has 0 saturated carbocycles. The molecule has 50 heavy (non-hydrogen) atoms. The zero-order chi connectivity index (χ0) is 35.7. The second-order valence-electron chi connectivity index (χ2n) is 12.6. The van der Waals surface area contributed by atoms with E-state index in [1.165, 1.54) is 10.3 Å². The van der Waals surface area contributed by atoms with Crippen LogP contribution in [0.15, 0.2) is 78.3 Å². The van der Waals surface area contributed by atoms with E-state index >= 15 is 0 Å². The van der Waals surface area contributed by atoms with Gasteiger partial charge in [-0.15, -0.1) is 11.3 Å². The van der Waals surface area contributed by atoms with Crippen LogP contribution in [0.3, 0.4) is 0 Å². The first-order valence-electron chi connectivity index (χ1n) is 16.5. The summed E-state index contributed by atoms with van der Waals surface area (Å²) < 4.78 is 89.5. The second-order valence-corrected chi connectivity index (χ2v) is 13.5. The number of piperidine rings is 1. The van der Waals surface area contributed by atoms with E-state index in [2.05, 4.69) is 11.1 Å². The van der Waals surface area contributed by atoms with Crippen LogP contribution in [0.25, 0.3) is 11.1 Å². The monoisotopic (exact) mass is 715 g/mol. The van der Waals surface area contributed by atoms with Crippen LogP contribution in [-0.4, -0.2) is 51.3 Å². The summed E-state index contributed by atoms with van der Waals surface area (Å²) in [7, 11) is 0. The number of fused-ring (bicyclic) bond motifs is 1. The highest BCUT2D eigenvalue weighted by Crippen LogP contribution is 2.43. The summed E-state index contributed by atoms with van der Waals surface area (Å²) in [5, 5.41) is 1.17. The fourth-order valence-corrected chi connectivity index (χ4v) is 7.68. The van der Waals surface area contributed by atoms with E-state index in [0.717, 1.165) is 46.6 Å². The van der Waals surface area contributed by atoms with Gasteiger partial charge in [-0.05, 0) is 53.6 Å². The lowest BCUT2D eigenvalue weighted by Crippen LogP contribution is -2.68. The Morgan fingerprint density at radius 1 is 0.940 bits per heavy atom. The molecule has 0 spiro atoms. The van der Waals surface area contributed by atoms with Crippen molar-refractivity contribution in [1.29, 1.82) is 0 Å². The lowest BCUT2D eigenvalue weighted by atomic mass is 9.79. The van der Waals surface area contributed by atoms with Crippen molar-refractivity contribution < 1.29 is 40.7 Å². The van der Waals surface area contributed by atoms with Crippen molar-refractivity contribution in [3.63, 3.8) is 0 Å². The Morgan fingerprint density at radius 2 is 1.72 bits per heavy atom. The Hall–Kier alpha value is -4.39. The van der Waals surface area contributed by atoms with Crippen molar-refractivity contribution in [3.05, 3.63) is 106 Å². The first-order valence-corrected chi connectivity index (χ1v) is 17.3. The third kappa shape index (κ3) is 7.10. The number of unbranched alkanes of at least 4 members (excludes halogenated alkanes) is 1. The molecule has 4 heterocycles. The molecule has 4 aromatic rings. The highest BCUT2D eigenvalue weighted by atomic mass is 32.1. The van der Waals surface area contributed by atoms with Crippen LogP contribution in [0.1, 0.15) is 71.1 Å². The highest BCUT2D eigenvalue weighted by Gasteiger charge is 2.56. The van der Waals surface area contributed by atoms with Crippen LogP contribution < -0.4 is 4.74 Å². The van der Waals surface area contributed by atoms with Gasteiger partial charge in [-0.2, -0.15) is 26.3 Å². The number of carbonyl (C=O) groups is 2. The van der Waals surface area contributed by atoms with Gasteiger partial charge in [-0.3, -0.25) is 14.6 Å². The fourth-order valence-electron chi connectivity index (χ4n) is 7.00. The van der Waals surface area contributed by atoms with Crippen LogP contribution in [0.5, 0.6) is 5.75 Å². The first-order chi connectivity index (χ1) is 23.8. The van der Waals surface area contributed by atoms with Gasteiger partial charge in [0.25, 0.3) is 11.8 Å². The molecular weight excluding hydrogens is 680 g/mol. The minimum absolute atomic E-state index is 0.0159. The molecular formula is C37H35F6N3O3S. The summed E-state index contributed by atoms with van der Waals surface area (Å²) in [6, 6.07) is 17.4. The molecule has 0 N–H and O–H groups in total. The Bertz CT molecular complexity index is 1840. The number of aromatic nitrogens is 1. The van der Waals surface area contributed by atoms with Crippen LogP contribution in [0.2, 0.25) is 0 Å². The minimum Gasteiger partial charge on any atom is -0.474 e. The van der Waals surface area contributed by atoms with E-state index in [0.29, 0.717) is 30.6 Å². The molecule has 0 radical (unpaired) electrons. The van der Waals surface area contributed by atoms with Crippen molar-refractivity contribution in [2.45, 2.75) is 76.0 Å². The predicted octanol–water partition coefficient (Wildman–Crippen LogP) is 9.05. The lowest BCUT2D eigenvalue weighted by molar-refractivity contribution is -0.160. The van der Waals surface area contributed by atoms with Crippen molar-refractivity contribution in [2.75, 3.05) is 13.1 Å². The average molecular weight is 716 g/mol. The van der Waals surface area contributed by atoms with Crippen molar-refractivity contribution in [2.24, 2.45) is 0 Å². The summed E-state index contributed by atoms with van der Waals surface area (Å²) in [5.41, 5.74) is 0.126. The SMILES string of the molecule is CCCC[C@H]1N(C(=O)c2ncccc2C(F)(F)F)CCC[C@@]1(Oc1csc(C(F)(F)F)c1)C(=O)N1CCc2cc(-c3ccccc3)ccc2C1. The third-order valence-electron chi connectivity index (χ3n) is 9.40. The molecule has 2 aliphatic rings. The van der Waals surface area contributed by atoms with Gasteiger partial charge in [0, 0.05) is 43.7 Å². The zero-order valence-electron chi connectivity index (χ0n) is 27.2. The molecule has 0 unspecified atom stereocenters. The van der Waals surface area contributed by atoms with Gasteiger partial charge in [-0.25, -0.2) is 0 Å². The Balaban J connectivity index is 1.40. The number of thiophene rings is 1. The summed E-state index contributed by atoms with van der Waals surface area (Å²) in [5.74, 6) is -1.73. The molecule has 1 saturated heterocycles. The van der Waals surface area contributed by atoms with E-state index < -0.39 is 51.9 Å². The third-order valence-corrected chi connectivity index (χ3v) is 10.4. The van der Waals surface area contributed by atoms with Crippen molar-refractivity contribution in [1.82, 2.24) is 14.8 Å². The van der Waals surface area contributed by atoms with Crippen LogP contribution in [0, 0.1) is 0 Å². The molecule has 0 bridgehead atoms. The smallest absolute Gasteiger partial charge is 0.425 e. The van der Waals surface area contributed by atoms with Gasteiger partial charge in [0.05, 0.1) is 11.6 Å². The number of pyridine rings is 1. The number of alkyl halides is 6. The van der Waals surface area contributed by atoms with E-state index in [9.17, 15) is 35.9 Å². The standard InChI is InChI=1S/C37H35F6N3O3S/c1-2-3-12-30-35(49-28-21-31(50-23-28)37(41,42)43,16-8-18-46(30)33(47)32-29(36(38,39)40)11-7-17-44-32)34(48)45-19-15-26-20-25(13-14-27(26)22-45)24-9-5-4-6-10-24/h4-7,9-11,13-14,17,20-21,23,30H,2-3,8,12,15-16,18-19,22H2,1H3/t30-,35+/m1/s1. The molecule has 2 atom stereocenters. The number of halogens is 6. The quantitative estimate of drug-likeness (QED) is 0.171. The molecule has 2 amide bonds. The molecule has 2 aromatic carbocycles. The second kappa shape index (κ2) is 14.1. The topological polar surface area (TPSA) is 62.7 Å². The molecule has 264 valence electrons. The normalized spacial score (nSPS) is 19.6. The summed E-state index contributed by atoms with van der Waals surface area (Å²) in [6.07, 6.45) is -6.45. The van der Waals surface area contributed by atoms with Crippen LogP contribution >= 0.6 is 11.3 Å². The van der Waals surface area contributed by atoms with Gasteiger partial charge in [0.15, 0.2) is 0 Å². The van der Waals surface area contributed by atoms with Gasteiger partial charge in [0.2, 0.25) is 5.60 Å². The number of carbonyl (C=O) groups excluding carboxylic acids is 2. The Kier molecular flexibility index (Phi) is 9.98. The lowest BCUT2D eigenvalue weighted by Gasteiger charge is -2.50. The predicted molar refractivity (Wildman–Crippen MR) is 177 cm³/mol. The van der Waals surface area contributed by atoms with E-state index in [4.69, 9.17) is 4.74 Å². The number of benzene rings is 2. The number of hydrogen-bond donors (Lipinski definition) is 0. The van der Waals surface area contributed by atoms with E-state index in [1.807, 2.05) is 49.4 Å². The van der Waals surface area contributed by atoms with Crippen molar-refractivity contribution in [3.8, 4) is 16.9 Å². The van der Waals surface area contributed by atoms with Crippen LogP contribution in [-0.2, 0) is 30.1 Å². The number of amides is 2. The summed E-state index contributed by atoms with van der Waals surface area (Å²) in [4.78, 5) is 34.7. The number of likely N-dealkylation sites (tertiary alicyclic amines) is 1. The van der Waals surface area contributed by atoms with Gasteiger partial charge in [0.1, 0.15) is 16.3 Å². The van der Waals surface area contributed by atoms with Gasteiger partial charge < -0.3 is 14.5 Å². The average Bonchev–Trinajstić information content (AvgIpc) is 3.59. The van der Waals surface area contributed by atoms with E-state index in [1.54, 1.807) is 4.90 Å². The highest BCUT2D eigenvalue weighted by molar-refractivity contribution is 7.10. The Labute approximate surface area is 289 Å². The molecule has 6 nitrogen and oxygen atoms in total. The van der Waals surface area contributed by atoms with Crippen molar-refractivity contribution >= 4 is 23.2 Å². The molecule has 1 fully saturated rings. The number of nitrogens with zero attached hydrogens (tertiary/aromatic N) is 3. The van der Waals surface area contributed by atoms with Gasteiger partial charge in [-0.1, -0.05) is 68.3 Å². The fraction of sp³-hybridized carbons (Fsp3) is 0.378. The molecule has 2 aromatic heterocycles. The molecule has 2 aliphatic heterocycles. The maximum Gasteiger partial charge on any atom is 0.425 e.